The van der Waals surface area contributed by atoms with Crippen LogP contribution in [0.5, 0.6) is 0 Å². The number of nitrogens with zero attached hydrogens (tertiary/aromatic N) is 1. The van der Waals surface area contributed by atoms with E-state index in [0.717, 1.165) is 10.9 Å². The first-order valence-corrected chi connectivity index (χ1v) is 6.89. The van der Waals surface area contributed by atoms with E-state index in [4.69, 9.17) is 5.11 Å². The van der Waals surface area contributed by atoms with Crippen molar-refractivity contribution >= 4 is 22.7 Å². The number of Topliss-reactive ketones (excluding diaryl/α,β-unsaturated/α-hetero) is 1. The number of hydrogen-bond donors (Lipinski definition) is 1. The summed E-state index contributed by atoms with van der Waals surface area (Å²) in [7, 11) is 0. The van der Waals surface area contributed by atoms with Gasteiger partial charge in [-0.15, -0.1) is 0 Å². The van der Waals surface area contributed by atoms with Crippen LogP contribution in [0.1, 0.15) is 20.7 Å². The number of aromatic nitrogens is 1. The lowest BCUT2D eigenvalue weighted by Gasteiger charge is -2.02. The Morgan fingerprint density at radius 1 is 0.909 bits per heavy atom. The van der Waals surface area contributed by atoms with Gasteiger partial charge in [0.05, 0.1) is 5.56 Å². The van der Waals surface area contributed by atoms with Crippen molar-refractivity contribution in [2.45, 2.75) is 6.54 Å². The van der Waals surface area contributed by atoms with Crippen molar-refractivity contribution in [3.05, 3.63) is 78.0 Å². The lowest BCUT2D eigenvalue weighted by Crippen LogP contribution is -2.38. The molecule has 2 aromatic carbocycles. The second-order valence-electron chi connectivity index (χ2n) is 5.00. The summed E-state index contributed by atoms with van der Waals surface area (Å²) in [5.74, 6) is -0.946. The van der Waals surface area contributed by atoms with Gasteiger partial charge in [0.1, 0.15) is 0 Å². The third-order valence-corrected chi connectivity index (χ3v) is 3.54. The van der Waals surface area contributed by atoms with Crippen LogP contribution in [0.25, 0.3) is 10.9 Å². The van der Waals surface area contributed by atoms with Gasteiger partial charge in [-0.05, 0) is 18.2 Å². The second kappa shape index (κ2) is 5.77. The average molecular weight is 292 g/mol. The summed E-state index contributed by atoms with van der Waals surface area (Å²) in [5, 5.41) is 9.84. The molecule has 108 valence electrons. The summed E-state index contributed by atoms with van der Waals surface area (Å²) in [5.41, 5.74) is 1.73. The molecule has 0 amide bonds. The summed E-state index contributed by atoms with van der Waals surface area (Å²) in [6.07, 6.45) is 1.82. The van der Waals surface area contributed by atoms with E-state index in [0.29, 0.717) is 5.56 Å². The molecule has 0 saturated heterocycles. The van der Waals surface area contributed by atoms with Gasteiger partial charge in [0, 0.05) is 23.1 Å². The van der Waals surface area contributed by atoms with Gasteiger partial charge in [0.25, 0.3) is 0 Å². The predicted octanol–water partition coefficient (Wildman–Crippen LogP) is 2.71. The molecule has 1 aromatic heterocycles. The first-order valence-electron chi connectivity index (χ1n) is 6.89. The molecule has 1 N–H and O–H groups in total. The minimum Gasteiger partial charge on any atom is -0.478 e. The number of carbonyl (C=O) groups excluding carboxylic acids is 1. The van der Waals surface area contributed by atoms with E-state index >= 15 is 0 Å². The molecule has 22 heavy (non-hydrogen) atoms. The number of hydrogen-bond acceptors (Lipinski definition) is 2. The fraction of sp³-hybridized carbons (Fsp3) is 0.0556. The van der Waals surface area contributed by atoms with Crippen molar-refractivity contribution in [2.24, 2.45) is 0 Å². The number of benzene rings is 2. The van der Waals surface area contributed by atoms with Crippen molar-refractivity contribution in [2.75, 3.05) is 0 Å². The van der Waals surface area contributed by atoms with E-state index in [9.17, 15) is 9.59 Å². The van der Waals surface area contributed by atoms with E-state index < -0.39 is 5.97 Å². The molecule has 1 heterocycles. The monoisotopic (exact) mass is 292 g/mol. The normalized spacial score (nSPS) is 10.5. The number of carbonyl (C=O) groups is 2. The Bertz CT molecular complexity index is 857. The minimum absolute atomic E-state index is 0.0143. The quantitative estimate of drug-likeness (QED) is 0.594. The summed E-state index contributed by atoms with van der Waals surface area (Å²) >= 11 is 0. The Kier molecular flexibility index (Phi) is 3.66. The third-order valence-electron chi connectivity index (χ3n) is 3.54. The molecule has 0 spiro atoms. The number of carboxylic acids is 1. The molecule has 0 aliphatic heterocycles. The summed E-state index contributed by atoms with van der Waals surface area (Å²) < 4.78 is 1.83. The van der Waals surface area contributed by atoms with E-state index in [1.807, 2.05) is 41.1 Å². The maximum atomic E-state index is 12.3. The summed E-state index contributed by atoms with van der Waals surface area (Å²) in [6.45, 7) is 0.216. The lowest BCUT2D eigenvalue weighted by molar-refractivity contribution is -0.657. The standard InChI is InChI=1S/C18H13NO3/c20-17(13-5-2-1-3-6-13)12-19-10-4-7-14-11-15(18(21)22)8-9-16(14)19/h1-11H,12H2/p+1. The van der Waals surface area contributed by atoms with Crippen LogP contribution in [-0.2, 0) is 6.54 Å². The Balaban J connectivity index is 1.97. The summed E-state index contributed by atoms with van der Waals surface area (Å²) in [6, 6.07) is 17.7. The van der Waals surface area contributed by atoms with Crippen molar-refractivity contribution in [3.63, 3.8) is 0 Å². The van der Waals surface area contributed by atoms with Crippen molar-refractivity contribution < 1.29 is 19.3 Å². The highest BCUT2D eigenvalue weighted by Gasteiger charge is 2.16. The van der Waals surface area contributed by atoms with Crippen LogP contribution >= 0.6 is 0 Å². The number of rotatable bonds is 4. The largest absolute Gasteiger partial charge is 0.478 e. The topological polar surface area (TPSA) is 58.2 Å². The van der Waals surface area contributed by atoms with Gasteiger partial charge in [-0.25, -0.2) is 4.79 Å². The van der Waals surface area contributed by atoms with Crippen molar-refractivity contribution in [1.29, 1.82) is 0 Å². The van der Waals surface area contributed by atoms with Crippen molar-refractivity contribution in [1.82, 2.24) is 0 Å². The number of carboxylic acid groups (broad SMARTS) is 1. The van der Waals surface area contributed by atoms with Gasteiger partial charge >= 0.3 is 5.97 Å². The molecule has 0 saturated carbocycles. The Morgan fingerprint density at radius 3 is 2.41 bits per heavy atom. The molecule has 0 radical (unpaired) electrons. The zero-order valence-electron chi connectivity index (χ0n) is 11.8. The van der Waals surface area contributed by atoms with E-state index in [2.05, 4.69) is 0 Å². The molecule has 0 aliphatic carbocycles. The second-order valence-corrected chi connectivity index (χ2v) is 5.00. The molecule has 4 heteroatoms. The molecule has 0 atom stereocenters. The maximum Gasteiger partial charge on any atom is 0.335 e. The Labute approximate surface area is 127 Å². The van der Waals surface area contributed by atoms with Crippen LogP contribution in [0, 0.1) is 0 Å². The molecular formula is C18H14NO3+. The van der Waals surface area contributed by atoms with Crippen LogP contribution < -0.4 is 4.57 Å². The highest BCUT2D eigenvalue weighted by Crippen LogP contribution is 2.13. The Morgan fingerprint density at radius 2 is 1.68 bits per heavy atom. The van der Waals surface area contributed by atoms with Gasteiger partial charge in [-0.1, -0.05) is 30.3 Å². The molecule has 0 unspecified atom stereocenters. The lowest BCUT2D eigenvalue weighted by atomic mass is 10.1. The van der Waals surface area contributed by atoms with Crippen LogP contribution in [0.4, 0.5) is 0 Å². The van der Waals surface area contributed by atoms with E-state index in [-0.39, 0.29) is 17.9 Å². The first kappa shape index (κ1) is 13.9. The van der Waals surface area contributed by atoms with Crippen LogP contribution in [0.3, 0.4) is 0 Å². The van der Waals surface area contributed by atoms with Crippen LogP contribution in [0.2, 0.25) is 0 Å². The highest BCUT2D eigenvalue weighted by molar-refractivity contribution is 5.95. The molecule has 4 nitrogen and oxygen atoms in total. The van der Waals surface area contributed by atoms with E-state index in [1.165, 1.54) is 0 Å². The summed E-state index contributed by atoms with van der Waals surface area (Å²) in [4.78, 5) is 23.3. The van der Waals surface area contributed by atoms with Gasteiger partial charge in [0.15, 0.2) is 6.20 Å². The van der Waals surface area contributed by atoms with Gasteiger partial charge < -0.3 is 5.11 Å². The molecule has 3 rings (SSSR count). The molecular weight excluding hydrogens is 278 g/mol. The third kappa shape index (κ3) is 2.72. The zero-order chi connectivity index (χ0) is 15.5. The van der Waals surface area contributed by atoms with E-state index in [1.54, 1.807) is 30.3 Å². The minimum atomic E-state index is -0.960. The van der Waals surface area contributed by atoms with Crippen LogP contribution in [-0.4, -0.2) is 16.9 Å². The predicted molar refractivity (Wildman–Crippen MR) is 81.9 cm³/mol. The van der Waals surface area contributed by atoms with Gasteiger partial charge in [-0.2, -0.15) is 4.57 Å². The van der Waals surface area contributed by atoms with Gasteiger partial charge in [0.2, 0.25) is 17.8 Å². The number of pyridine rings is 1. The van der Waals surface area contributed by atoms with Gasteiger partial charge in [-0.3, -0.25) is 4.79 Å². The number of ketones is 1. The zero-order valence-corrected chi connectivity index (χ0v) is 11.8. The smallest absolute Gasteiger partial charge is 0.335 e. The SMILES string of the molecule is O=C(O)c1ccc2c(ccc[n+]2CC(=O)c2ccccc2)c1. The fourth-order valence-electron chi connectivity index (χ4n) is 2.42. The first-order chi connectivity index (χ1) is 10.6. The number of aromatic carboxylic acids is 1. The maximum absolute atomic E-state index is 12.3. The van der Waals surface area contributed by atoms with Crippen LogP contribution in [0.15, 0.2) is 66.9 Å². The van der Waals surface area contributed by atoms with Crippen molar-refractivity contribution in [3.8, 4) is 0 Å². The Hall–Kier alpha value is -3.01. The highest BCUT2D eigenvalue weighted by atomic mass is 16.4. The molecule has 0 aliphatic rings. The molecule has 3 aromatic rings. The average Bonchev–Trinajstić information content (AvgIpc) is 2.55. The number of fused-ring (bicyclic) bond motifs is 1. The molecule has 0 bridgehead atoms. The fourth-order valence-corrected chi connectivity index (χ4v) is 2.42. The molecule has 0 fully saturated rings.